The van der Waals surface area contributed by atoms with E-state index in [0.717, 1.165) is 40.9 Å². The molecule has 23 heavy (non-hydrogen) atoms. The van der Waals surface area contributed by atoms with Gasteiger partial charge in [-0.15, -0.1) is 0 Å². The average molecular weight is 303 g/mol. The number of benzene rings is 2. The number of hydrogen-bond donors (Lipinski definition) is 2. The Bertz CT molecular complexity index is 831. The second-order valence-electron chi connectivity index (χ2n) is 6.39. The summed E-state index contributed by atoms with van der Waals surface area (Å²) in [6, 6.07) is 16.2. The molecule has 4 heteroatoms. The summed E-state index contributed by atoms with van der Waals surface area (Å²) >= 11 is 0. The molecule has 1 fully saturated rings. The van der Waals surface area contributed by atoms with E-state index in [9.17, 15) is 4.79 Å². The van der Waals surface area contributed by atoms with Crippen LogP contribution in [0.15, 0.2) is 42.5 Å². The van der Waals surface area contributed by atoms with Crippen LogP contribution in [0.5, 0.6) is 0 Å². The highest BCUT2D eigenvalue weighted by molar-refractivity contribution is 6.01. The molecule has 114 valence electrons. The molecule has 0 saturated heterocycles. The summed E-state index contributed by atoms with van der Waals surface area (Å²) in [5.41, 5.74) is 4.88. The first-order chi connectivity index (χ1) is 11.2. The zero-order valence-corrected chi connectivity index (χ0v) is 12.7. The summed E-state index contributed by atoms with van der Waals surface area (Å²) in [6.45, 7) is 0. The van der Waals surface area contributed by atoms with E-state index in [1.165, 1.54) is 0 Å². The van der Waals surface area contributed by atoms with Crippen molar-refractivity contribution in [3.8, 4) is 17.2 Å². The zero-order chi connectivity index (χ0) is 15.9. The number of para-hydroxylation sites is 1. The Kier molecular flexibility index (Phi) is 3.09. The van der Waals surface area contributed by atoms with Gasteiger partial charge in [-0.1, -0.05) is 36.4 Å². The van der Waals surface area contributed by atoms with Crippen molar-refractivity contribution in [1.82, 2.24) is 0 Å². The summed E-state index contributed by atoms with van der Waals surface area (Å²) in [4.78, 5) is 12.1. The van der Waals surface area contributed by atoms with Crippen LogP contribution in [-0.4, -0.2) is 11.4 Å². The van der Waals surface area contributed by atoms with Gasteiger partial charge in [0.05, 0.1) is 23.9 Å². The van der Waals surface area contributed by atoms with Crippen LogP contribution in [-0.2, 0) is 11.2 Å². The predicted octanol–water partition coefficient (Wildman–Crippen LogP) is 3.71. The van der Waals surface area contributed by atoms with Gasteiger partial charge in [0.1, 0.15) is 0 Å². The third-order valence-electron chi connectivity index (χ3n) is 4.60. The van der Waals surface area contributed by atoms with Crippen LogP contribution in [0.25, 0.3) is 11.1 Å². The number of fused-ring (bicyclic) bond motifs is 1. The fraction of sp³-hybridized carbons (Fsp3) is 0.263. The van der Waals surface area contributed by atoms with E-state index in [2.05, 4.69) is 22.8 Å². The van der Waals surface area contributed by atoms with Crippen molar-refractivity contribution < 1.29 is 4.79 Å². The van der Waals surface area contributed by atoms with Gasteiger partial charge >= 0.3 is 0 Å². The Morgan fingerprint density at radius 2 is 2.00 bits per heavy atom. The van der Waals surface area contributed by atoms with Crippen LogP contribution in [0.1, 0.15) is 24.8 Å². The SMILES string of the molecule is N#CCc1cccc(-c2cccc3c2NC2(CC2)CC(=O)N3)c1. The van der Waals surface area contributed by atoms with E-state index < -0.39 is 0 Å². The smallest absolute Gasteiger partial charge is 0.226 e. The van der Waals surface area contributed by atoms with Gasteiger partial charge in [-0.05, 0) is 30.0 Å². The summed E-state index contributed by atoms with van der Waals surface area (Å²) in [7, 11) is 0. The fourth-order valence-electron chi connectivity index (χ4n) is 3.24. The lowest BCUT2D eigenvalue weighted by Crippen LogP contribution is -2.24. The molecule has 4 rings (SSSR count). The summed E-state index contributed by atoms with van der Waals surface area (Å²) in [5.74, 6) is 0.0733. The molecule has 2 aliphatic rings. The van der Waals surface area contributed by atoms with Gasteiger partial charge in [-0.2, -0.15) is 5.26 Å². The number of carbonyl (C=O) groups is 1. The molecule has 1 aliphatic heterocycles. The van der Waals surface area contributed by atoms with Crippen molar-refractivity contribution in [1.29, 1.82) is 5.26 Å². The van der Waals surface area contributed by atoms with Crippen molar-refractivity contribution in [3.63, 3.8) is 0 Å². The molecule has 0 unspecified atom stereocenters. The Morgan fingerprint density at radius 3 is 2.78 bits per heavy atom. The van der Waals surface area contributed by atoms with Gasteiger partial charge in [-0.25, -0.2) is 0 Å². The van der Waals surface area contributed by atoms with Crippen LogP contribution in [0, 0.1) is 11.3 Å². The third kappa shape index (κ3) is 2.55. The molecule has 1 heterocycles. The van der Waals surface area contributed by atoms with Crippen LogP contribution in [0.2, 0.25) is 0 Å². The van der Waals surface area contributed by atoms with Gasteiger partial charge in [0.2, 0.25) is 5.91 Å². The average Bonchev–Trinajstić information content (AvgIpc) is 3.30. The molecule has 2 aromatic rings. The maximum Gasteiger partial charge on any atom is 0.226 e. The van der Waals surface area contributed by atoms with E-state index in [0.29, 0.717) is 12.8 Å². The number of amides is 1. The largest absolute Gasteiger partial charge is 0.377 e. The molecule has 1 amide bonds. The van der Waals surface area contributed by atoms with Crippen molar-refractivity contribution in [2.75, 3.05) is 10.6 Å². The van der Waals surface area contributed by atoms with Gasteiger partial charge in [-0.3, -0.25) is 4.79 Å². The second kappa shape index (κ2) is 5.13. The maximum atomic E-state index is 12.1. The molecule has 2 aromatic carbocycles. The lowest BCUT2D eigenvalue weighted by atomic mass is 9.99. The van der Waals surface area contributed by atoms with Crippen molar-refractivity contribution >= 4 is 17.3 Å². The lowest BCUT2D eigenvalue weighted by Gasteiger charge is -2.19. The molecule has 2 N–H and O–H groups in total. The molecule has 1 spiro atoms. The quantitative estimate of drug-likeness (QED) is 0.889. The molecule has 0 bridgehead atoms. The Balaban J connectivity index is 1.82. The zero-order valence-electron chi connectivity index (χ0n) is 12.7. The molecule has 0 aromatic heterocycles. The highest BCUT2D eigenvalue weighted by Crippen LogP contribution is 2.48. The second-order valence-corrected chi connectivity index (χ2v) is 6.39. The first kappa shape index (κ1) is 13.8. The van der Waals surface area contributed by atoms with E-state index in [-0.39, 0.29) is 11.4 Å². The molecule has 4 nitrogen and oxygen atoms in total. The number of rotatable bonds is 2. The number of nitrogens with one attached hydrogen (secondary N) is 2. The van der Waals surface area contributed by atoms with Gasteiger partial charge < -0.3 is 10.6 Å². The van der Waals surface area contributed by atoms with Crippen LogP contribution in [0.4, 0.5) is 11.4 Å². The van der Waals surface area contributed by atoms with E-state index in [1.807, 2.05) is 36.4 Å². The van der Waals surface area contributed by atoms with Gasteiger partial charge in [0, 0.05) is 17.5 Å². The van der Waals surface area contributed by atoms with Crippen LogP contribution in [0.3, 0.4) is 0 Å². The number of hydrogen-bond acceptors (Lipinski definition) is 3. The Morgan fingerprint density at radius 1 is 1.17 bits per heavy atom. The van der Waals surface area contributed by atoms with Crippen LogP contribution < -0.4 is 10.6 Å². The lowest BCUT2D eigenvalue weighted by molar-refractivity contribution is -0.116. The maximum absolute atomic E-state index is 12.1. The minimum absolute atomic E-state index is 0.0733. The number of nitrogens with zero attached hydrogens (tertiary/aromatic N) is 1. The molecule has 0 atom stereocenters. The molecular weight excluding hydrogens is 286 g/mol. The Hall–Kier alpha value is -2.80. The van der Waals surface area contributed by atoms with Crippen LogP contribution >= 0.6 is 0 Å². The summed E-state index contributed by atoms with van der Waals surface area (Å²) in [6.07, 6.45) is 2.98. The van der Waals surface area contributed by atoms with Crippen molar-refractivity contribution in [2.24, 2.45) is 0 Å². The van der Waals surface area contributed by atoms with Crippen molar-refractivity contribution in [2.45, 2.75) is 31.2 Å². The monoisotopic (exact) mass is 303 g/mol. The standard InChI is InChI=1S/C19H17N3O/c20-10-7-13-3-1-4-14(11-13)15-5-2-6-16-18(15)22-19(8-9-19)12-17(23)21-16/h1-6,11,22H,7-9,12H2,(H,21,23). The Labute approximate surface area is 135 Å². The minimum atomic E-state index is -0.0737. The first-order valence-corrected chi connectivity index (χ1v) is 7.86. The third-order valence-corrected chi connectivity index (χ3v) is 4.60. The normalized spacial score (nSPS) is 17.4. The van der Waals surface area contributed by atoms with Gasteiger partial charge in [0.15, 0.2) is 0 Å². The molecular formula is C19H17N3O. The topological polar surface area (TPSA) is 64.9 Å². The van der Waals surface area contributed by atoms with Crippen molar-refractivity contribution in [3.05, 3.63) is 48.0 Å². The van der Waals surface area contributed by atoms with E-state index >= 15 is 0 Å². The predicted molar refractivity (Wildman–Crippen MR) is 90.0 cm³/mol. The highest BCUT2D eigenvalue weighted by Gasteiger charge is 2.46. The summed E-state index contributed by atoms with van der Waals surface area (Å²) in [5, 5.41) is 15.5. The van der Waals surface area contributed by atoms with Gasteiger partial charge in [0.25, 0.3) is 0 Å². The number of nitriles is 1. The number of carbonyl (C=O) groups excluding carboxylic acids is 1. The minimum Gasteiger partial charge on any atom is -0.377 e. The fourth-order valence-corrected chi connectivity index (χ4v) is 3.24. The summed E-state index contributed by atoms with van der Waals surface area (Å²) < 4.78 is 0. The highest BCUT2D eigenvalue weighted by atomic mass is 16.1. The first-order valence-electron chi connectivity index (χ1n) is 7.86. The van der Waals surface area contributed by atoms with E-state index in [1.54, 1.807) is 0 Å². The number of anilines is 2. The molecule has 0 radical (unpaired) electrons. The van der Waals surface area contributed by atoms with E-state index in [4.69, 9.17) is 5.26 Å². The molecule has 1 saturated carbocycles. The molecule has 1 aliphatic carbocycles.